The van der Waals surface area contributed by atoms with E-state index in [0.29, 0.717) is 21.4 Å². The van der Waals surface area contributed by atoms with Crippen LogP contribution in [0.3, 0.4) is 0 Å². The van der Waals surface area contributed by atoms with Crippen molar-refractivity contribution in [3.63, 3.8) is 0 Å². The first-order chi connectivity index (χ1) is 11.2. The quantitative estimate of drug-likeness (QED) is 0.571. The van der Waals surface area contributed by atoms with E-state index in [1.165, 1.54) is 0 Å². The largest absolute Gasteiger partial charge is 0.495 e. The predicted octanol–water partition coefficient (Wildman–Crippen LogP) is 4.15. The van der Waals surface area contributed by atoms with Crippen molar-refractivity contribution in [2.24, 2.45) is 5.10 Å². The van der Waals surface area contributed by atoms with Crippen molar-refractivity contribution >= 4 is 30.0 Å². The molecule has 116 valence electrons. The number of benzene rings is 2. The van der Waals surface area contributed by atoms with Gasteiger partial charge in [0.15, 0.2) is 5.82 Å². The summed E-state index contributed by atoms with van der Waals surface area (Å²) in [6.45, 7) is 0. The van der Waals surface area contributed by atoms with E-state index in [0.717, 1.165) is 11.1 Å². The van der Waals surface area contributed by atoms with Gasteiger partial charge in [-0.05, 0) is 36.0 Å². The molecule has 0 atom stereocenters. The van der Waals surface area contributed by atoms with Gasteiger partial charge in [0.25, 0.3) is 0 Å². The van der Waals surface area contributed by atoms with Gasteiger partial charge in [0, 0.05) is 5.56 Å². The summed E-state index contributed by atoms with van der Waals surface area (Å²) in [5.41, 5.74) is 1.75. The molecule has 1 aromatic heterocycles. The van der Waals surface area contributed by atoms with E-state index in [1.54, 1.807) is 30.1 Å². The molecule has 23 heavy (non-hydrogen) atoms. The van der Waals surface area contributed by atoms with Crippen LogP contribution in [0.2, 0.25) is 5.02 Å². The highest BCUT2D eigenvalue weighted by Gasteiger charge is 2.07. The number of ether oxygens (including phenoxy) is 1. The lowest BCUT2D eigenvalue weighted by atomic mass is 10.2. The molecule has 5 nitrogen and oxygen atoms in total. The van der Waals surface area contributed by atoms with Gasteiger partial charge in [0.2, 0.25) is 4.77 Å². The molecule has 3 aromatic rings. The van der Waals surface area contributed by atoms with E-state index in [4.69, 9.17) is 28.6 Å². The van der Waals surface area contributed by atoms with Crippen LogP contribution in [0.5, 0.6) is 5.75 Å². The summed E-state index contributed by atoms with van der Waals surface area (Å²) in [6.07, 6.45) is 1.67. The van der Waals surface area contributed by atoms with Gasteiger partial charge in [0.1, 0.15) is 5.75 Å². The second kappa shape index (κ2) is 6.76. The van der Waals surface area contributed by atoms with Crippen LogP contribution in [0.1, 0.15) is 5.56 Å². The molecule has 3 rings (SSSR count). The van der Waals surface area contributed by atoms with Crippen LogP contribution in [-0.4, -0.2) is 28.2 Å². The minimum atomic E-state index is 0.416. The number of nitrogens with zero attached hydrogens (tertiary/aromatic N) is 3. The fraction of sp³-hybridized carbons (Fsp3) is 0.0625. The third-order valence-corrected chi connectivity index (χ3v) is 3.74. The molecule has 0 fully saturated rings. The molecule has 0 amide bonds. The van der Waals surface area contributed by atoms with Crippen LogP contribution < -0.4 is 4.74 Å². The molecule has 0 aliphatic rings. The van der Waals surface area contributed by atoms with E-state index in [-0.39, 0.29) is 0 Å². The number of aromatic nitrogens is 3. The van der Waals surface area contributed by atoms with Crippen LogP contribution in [0, 0.1) is 4.77 Å². The van der Waals surface area contributed by atoms with E-state index >= 15 is 0 Å². The SMILES string of the molecule is COc1ccc(/C=N\n2c(-c3ccccc3)n[nH]c2=S)cc1Cl. The summed E-state index contributed by atoms with van der Waals surface area (Å²) in [4.78, 5) is 0. The Morgan fingerprint density at radius 2 is 2.04 bits per heavy atom. The maximum atomic E-state index is 6.12. The minimum absolute atomic E-state index is 0.416. The Morgan fingerprint density at radius 1 is 1.26 bits per heavy atom. The number of nitrogens with one attached hydrogen (secondary N) is 1. The molecule has 0 aliphatic heterocycles. The molecule has 0 saturated carbocycles. The molecule has 0 unspecified atom stereocenters. The first-order valence-electron chi connectivity index (χ1n) is 6.80. The highest BCUT2D eigenvalue weighted by molar-refractivity contribution is 7.71. The summed E-state index contributed by atoms with van der Waals surface area (Å²) in [5.74, 6) is 1.26. The van der Waals surface area contributed by atoms with Crippen molar-refractivity contribution in [3.8, 4) is 17.1 Å². The average Bonchev–Trinajstić information content (AvgIpc) is 2.94. The van der Waals surface area contributed by atoms with Crippen LogP contribution >= 0.6 is 23.8 Å². The van der Waals surface area contributed by atoms with Gasteiger partial charge in [-0.25, -0.2) is 5.10 Å². The number of aromatic amines is 1. The maximum Gasteiger partial charge on any atom is 0.216 e. The zero-order valence-corrected chi connectivity index (χ0v) is 13.8. The fourth-order valence-corrected chi connectivity index (χ4v) is 2.51. The fourth-order valence-electron chi connectivity index (χ4n) is 2.06. The summed E-state index contributed by atoms with van der Waals surface area (Å²) >= 11 is 11.4. The molecule has 7 heteroatoms. The van der Waals surface area contributed by atoms with Crippen molar-refractivity contribution < 1.29 is 4.74 Å². The lowest BCUT2D eigenvalue weighted by Gasteiger charge is -2.03. The summed E-state index contributed by atoms with van der Waals surface area (Å²) in [5, 5.41) is 11.9. The van der Waals surface area contributed by atoms with Crippen LogP contribution in [0.4, 0.5) is 0 Å². The van der Waals surface area contributed by atoms with Gasteiger partial charge in [-0.3, -0.25) is 0 Å². The topological polar surface area (TPSA) is 55.2 Å². The minimum Gasteiger partial charge on any atom is -0.495 e. The smallest absolute Gasteiger partial charge is 0.216 e. The van der Waals surface area contributed by atoms with Crippen molar-refractivity contribution in [1.29, 1.82) is 0 Å². The molecule has 0 saturated heterocycles. The van der Waals surface area contributed by atoms with E-state index in [9.17, 15) is 0 Å². The number of methoxy groups -OCH3 is 1. The molecule has 1 heterocycles. The standard InChI is InChI=1S/C16H13ClN4OS/c1-22-14-8-7-11(9-13(14)17)10-18-21-15(19-20-16(21)23)12-5-3-2-4-6-12/h2-10H,1H3,(H,20,23)/b18-10-. The molecule has 0 aliphatic carbocycles. The van der Waals surface area contributed by atoms with Gasteiger partial charge < -0.3 is 4.74 Å². The van der Waals surface area contributed by atoms with Gasteiger partial charge >= 0.3 is 0 Å². The lowest BCUT2D eigenvalue weighted by Crippen LogP contribution is -1.95. The number of hydrogen-bond acceptors (Lipinski definition) is 4. The Morgan fingerprint density at radius 3 is 2.74 bits per heavy atom. The Bertz CT molecular complexity index is 902. The monoisotopic (exact) mass is 344 g/mol. The third kappa shape index (κ3) is 3.33. The maximum absolute atomic E-state index is 6.12. The Balaban J connectivity index is 1.96. The Kier molecular flexibility index (Phi) is 4.55. The number of hydrogen-bond donors (Lipinski definition) is 1. The van der Waals surface area contributed by atoms with Crippen LogP contribution in [0.15, 0.2) is 53.6 Å². The zero-order valence-electron chi connectivity index (χ0n) is 12.2. The first kappa shape index (κ1) is 15.5. The molecule has 0 radical (unpaired) electrons. The van der Waals surface area contributed by atoms with Gasteiger partial charge in [-0.2, -0.15) is 14.9 Å². The van der Waals surface area contributed by atoms with E-state index in [1.807, 2.05) is 36.4 Å². The second-order valence-corrected chi connectivity index (χ2v) is 5.46. The average molecular weight is 345 g/mol. The van der Waals surface area contributed by atoms with Gasteiger partial charge in [-0.15, -0.1) is 0 Å². The number of rotatable bonds is 4. The molecule has 0 bridgehead atoms. The van der Waals surface area contributed by atoms with Crippen molar-refractivity contribution in [2.75, 3.05) is 7.11 Å². The van der Waals surface area contributed by atoms with Crippen LogP contribution in [0.25, 0.3) is 11.4 Å². The van der Waals surface area contributed by atoms with Gasteiger partial charge in [0.05, 0.1) is 18.3 Å². The normalized spacial score (nSPS) is 11.0. The van der Waals surface area contributed by atoms with Crippen molar-refractivity contribution in [3.05, 3.63) is 63.9 Å². The summed E-state index contributed by atoms with van der Waals surface area (Å²) in [6, 6.07) is 15.1. The number of halogens is 1. The Labute approximate surface area is 143 Å². The first-order valence-corrected chi connectivity index (χ1v) is 7.58. The molecular formula is C16H13ClN4OS. The molecular weight excluding hydrogens is 332 g/mol. The van der Waals surface area contributed by atoms with Crippen molar-refractivity contribution in [1.82, 2.24) is 14.9 Å². The van der Waals surface area contributed by atoms with Crippen LogP contribution in [-0.2, 0) is 0 Å². The summed E-state index contributed by atoms with van der Waals surface area (Å²) < 4.78 is 7.12. The number of H-pyrrole nitrogens is 1. The predicted molar refractivity (Wildman–Crippen MR) is 93.8 cm³/mol. The third-order valence-electron chi connectivity index (χ3n) is 3.18. The molecule has 0 spiro atoms. The van der Waals surface area contributed by atoms with E-state index < -0.39 is 0 Å². The summed E-state index contributed by atoms with van der Waals surface area (Å²) in [7, 11) is 1.58. The second-order valence-electron chi connectivity index (χ2n) is 4.67. The molecule has 2 aromatic carbocycles. The molecule has 1 N–H and O–H groups in total. The lowest BCUT2D eigenvalue weighted by molar-refractivity contribution is 0.415. The van der Waals surface area contributed by atoms with Crippen molar-refractivity contribution in [2.45, 2.75) is 0 Å². The zero-order chi connectivity index (χ0) is 16.2. The Hall–Kier alpha value is -2.44. The van der Waals surface area contributed by atoms with Gasteiger partial charge in [-0.1, -0.05) is 41.9 Å². The highest BCUT2D eigenvalue weighted by atomic mass is 35.5. The van der Waals surface area contributed by atoms with E-state index in [2.05, 4.69) is 15.3 Å². The highest BCUT2D eigenvalue weighted by Crippen LogP contribution is 2.24.